The fraction of sp³-hybridized carbons (Fsp3) is 0.625. The highest BCUT2D eigenvalue weighted by Crippen LogP contribution is 2.24. The van der Waals surface area contributed by atoms with Crippen molar-refractivity contribution < 1.29 is 13.2 Å². The topological polar surface area (TPSA) is 72.6 Å². The summed E-state index contributed by atoms with van der Waals surface area (Å²) in [4.78, 5) is 0.321. The molecular formula is C16H26N2O3S. The number of hydrogen-bond donors (Lipinski definition) is 1. The van der Waals surface area contributed by atoms with Gasteiger partial charge in [-0.3, -0.25) is 0 Å². The van der Waals surface area contributed by atoms with Crippen LogP contribution >= 0.6 is 0 Å². The predicted octanol–water partition coefficient (Wildman–Crippen LogP) is 2.08. The number of sulfonamides is 1. The quantitative estimate of drug-likeness (QED) is 0.869. The first kappa shape index (κ1) is 17.2. The van der Waals surface area contributed by atoms with Crippen LogP contribution < -0.4 is 10.5 Å². The summed E-state index contributed by atoms with van der Waals surface area (Å²) >= 11 is 0. The lowest BCUT2D eigenvalue weighted by Crippen LogP contribution is -2.41. The third-order valence-corrected chi connectivity index (χ3v) is 5.74. The molecule has 0 spiro atoms. The molecule has 1 aliphatic heterocycles. The van der Waals surface area contributed by atoms with Gasteiger partial charge < -0.3 is 10.5 Å². The number of benzene rings is 1. The van der Waals surface area contributed by atoms with Crippen LogP contribution in [-0.4, -0.2) is 39.0 Å². The maximum atomic E-state index is 12.7. The zero-order valence-electron chi connectivity index (χ0n) is 13.4. The van der Waals surface area contributed by atoms with Crippen LogP contribution in [-0.2, 0) is 10.0 Å². The minimum Gasteiger partial charge on any atom is -0.493 e. The van der Waals surface area contributed by atoms with E-state index in [1.54, 1.807) is 28.6 Å². The van der Waals surface area contributed by atoms with Crippen molar-refractivity contribution in [3.63, 3.8) is 0 Å². The van der Waals surface area contributed by atoms with Gasteiger partial charge in [0.05, 0.1) is 11.5 Å². The Morgan fingerprint density at radius 2 is 2.00 bits per heavy atom. The number of piperidine rings is 1. The fourth-order valence-corrected chi connectivity index (χ4v) is 4.11. The number of hydrogen-bond acceptors (Lipinski definition) is 4. The van der Waals surface area contributed by atoms with E-state index in [0.717, 1.165) is 12.8 Å². The van der Waals surface area contributed by atoms with E-state index in [4.69, 9.17) is 10.5 Å². The third-order valence-electron chi connectivity index (χ3n) is 3.86. The van der Waals surface area contributed by atoms with Gasteiger partial charge >= 0.3 is 0 Å². The van der Waals surface area contributed by atoms with Crippen molar-refractivity contribution in [3.05, 3.63) is 24.3 Å². The average molecular weight is 326 g/mol. The molecule has 6 heteroatoms. The van der Waals surface area contributed by atoms with E-state index in [9.17, 15) is 8.42 Å². The molecule has 1 saturated heterocycles. The minimum atomic E-state index is -3.43. The largest absolute Gasteiger partial charge is 0.493 e. The summed E-state index contributed by atoms with van der Waals surface area (Å²) in [5, 5.41) is 0. The summed E-state index contributed by atoms with van der Waals surface area (Å²) in [7, 11) is -3.43. The van der Waals surface area contributed by atoms with Crippen LogP contribution in [0, 0.1) is 11.8 Å². The lowest BCUT2D eigenvalue weighted by molar-refractivity contribution is 0.269. The molecule has 1 fully saturated rings. The second-order valence-corrected chi connectivity index (χ2v) is 8.22. The van der Waals surface area contributed by atoms with E-state index in [1.165, 1.54) is 0 Å². The molecule has 22 heavy (non-hydrogen) atoms. The van der Waals surface area contributed by atoms with Crippen LogP contribution in [0.25, 0.3) is 0 Å². The maximum absolute atomic E-state index is 12.7. The molecule has 0 saturated carbocycles. The van der Waals surface area contributed by atoms with Crippen molar-refractivity contribution in [1.29, 1.82) is 0 Å². The molecule has 1 aromatic carbocycles. The van der Waals surface area contributed by atoms with E-state index in [1.807, 2.05) is 0 Å². The Morgan fingerprint density at radius 1 is 1.32 bits per heavy atom. The SMILES string of the molecule is CC(C)COc1ccc(S(=O)(=O)N2CCCC(CN)C2)cc1. The summed E-state index contributed by atoms with van der Waals surface area (Å²) in [6.45, 7) is 6.39. The zero-order chi connectivity index (χ0) is 16.2. The number of rotatable bonds is 6. The van der Waals surface area contributed by atoms with Gasteiger partial charge in [0, 0.05) is 13.1 Å². The van der Waals surface area contributed by atoms with E-state index in [0.29, 0.717) is 42.8 Å². The zero-order valence-corrected chi connectivity index (χ0v) is 14.2. The third kappa shape index (κ3) is 4.21. The van der Waals surface area contributed by atoms with Crippen molar-refractivity contribution in [1.82, 2.24) is 4.31 Å². The first-order valence-corrected chi connectivity index (χ1v) is 9.30. The molecule has 0 aliphatic carbocycles. The molecule has 1 atom stereocenters. The summed E-state index contributed by atoms with van der Waals surface area (Å²) in [5.74, 6) is 1.40. The number of ether oxygens (including phenoxy) is 1. The van der Waals surface area contributed by atoms with Gasteiger partial charge in [0.15, 0.2) is 0 Å². The van der Waals surface area contributed by atoms with E-state index >= 15 is 0 Å². The standard InChI is InChI=1S/C16H26N2O3S/c1-13(2)12-21-15-5-7-16(8-6-15)22(19,20)18-9-3-4-14(10-17)11-18/h5-8,13-14H,3-4,9-12,17H2,1-2H3. The van der Waals surface area contributed by atoms with Gasteiger partial charge in [0.1, 0.15) is 5.75 Å². The highest BCUT2D eigenvalue weighted by atomic mass is 32.2. The number of nitrogens with two attached hydrogens (primary N) is 1. The van der Waals surface area contributed by atoms with Crippen LogP contribution in [0.1, 0.15) is 26.7 Å². The fourth-order valence-electron chi connectivity index (χ4n) is 2.56. The Hall–Kier alpha value is -1.11. The lowest BCUT2D eigenvalue weighted by atomic mass is 10.0. The van der Waals surface area contributed by atoms with Crippen molar-refractivity contribution >= 4 is 10.0 Å². The Kier molecular flexibility index (Phi) is 5.83. The predicted molar refractivity (Wildman–Crippen MR) is 87.3 cm³/mol. The van der Waals surface area contributed by atoms with Crippen LogP contribution in [0.15, 0.2) is 29.2 Å². The first-order chi connectivity index (χ1) is 10.4. The Balaban J connectivity index is 2.09. The molecule has 124 valence electrons. The molecule has 0 bridgehead atoms. The van der Waals surface area contributed by atoms with Crippen molar-refractivity contribution in [2.45, 2.75) is 31.6 Å². The van der Waals surface area contributed by atoms with Crippen LogP contribution in [0.2, 0.25) is 0 Å². The van der Waals surface area contributed by atoms with Crippen LogP contribution in [0.4, 0.5) is 0 Å². The normalized spacial score (nSPS) is 20.3. The average Bonchev–Trinajstić information content (AvgIpc) is 2.53. The smallest absolute Gasteiger partial charge is 0.243 e. The second-order valence-electron chi connectivity index (χ2n) is 6.28. The molecule has 0 radical (unpaired) electrons. The molecule has 2 rings (SSSR count). The summed E-state index contributed by atoms with van der Waals surface area (Å²) in [6.07, 6.45) is 1.88. The highest BCUT2D eigenvalue weighted by Gasteiger charge is 2.29. The van der Waals surface area contributed by atoms with Gasteiger partial charge in [0.2, 0.25) is 10.0 Å². The van der Waals surface area contributed by atoms with Crippen molar-refractivity contribution in [3.8, 4) is 5.75 Å². The van der Waals surface area contributed by atoms with Crippen LogP contribution in [0.5, 0.6) is 5.75 Å². The second kappa shape index (κ2) is 7.44. The molecule has 2 N–H and O–H groups in total. The van der Waals surface area contributed by atoms with Crippen LogP contribution in [0.3, 0.4) is 0 Å². The van der Waals surface area contributed by atoms with E-state index in [2.05, 4.69) is 13.8 Å². The van der Waals surface area contributed by atoms with Gasteiger partial charge in [-0.2, -0.15) is 4.31 Å². The molecule has 1 unspecified atom stereocenters. The summed E-state index contributed by atoms with van der Waals surface area (Å²) in [6, 6.07) is 6.69. The summed E-state index contributed by atoms with van der Waals surface area (Å²) in [5.41, 5.74) is 5.69. The van der Waals surface area contributed by atoms with Gasteiger partial charge in [-0.1, -0.05) is 13.8 Å². The Morgan fingerprint density at radius 3 is 2.59 bits per heavy atom. The molecule has 1 heterocycles. The molecule has 1 aliphatic rings. The molecule has 5 nitrogen and oxygen atoms in total. The Labute approximate surface area is 133 Å². The highest BCUT2D eigenvalue weighted by molar-refractivity contribution is 7.89. The minimum absolute atomic E-state index is 0.261. The monoisotopic (exact) mass is 326 g/mol. The Bertz CT molecular complexity index is 570. The van der Waals surface area contributed by atoms with E-state index < -0.39 is 10.0 Å². The molecule has 0 amide bonds. The molecule has 1 aromatic rings. The van der Waals surface area contributed by atoms with Crippen molar-refractivity contribution in [2.24, 2.45) is 17.6 Å². The van der Waals surface area contributed by atoms with Crippen molar-refractivity contribution in [2.75, 3.05) is 26.2 Å². The van der Waals surface area contributed by atoms with E-state index in [-0.39, 0.29) is 5.92 Å². The maximum Gasteiger partial charge on any atom is 0.243 e. The van der Waals surface area contributed by atoms with Gasteiger partial charge in [-0.05, 0) is 55.5 Å². The molecular weight excluding hydrogens is 300 g/mol. The number of nitrogens with zero attached hydrogens (tertiary/aromatic N) is 1. The summed E-state index contributed by atoms with van der Waals surface area (Å²) < 4.78 is 32.5. The lowest BCUT2D eigenvalue weighted by Gasteiger charge is -2.31. The first-order valence-electron chi connectivity index (χ1n) is 7.86. The van der Waals surface area contributed by atoms with Gasteiger partial charge in [-0.15, -0.1) is 0 Å². The van der Waals surface area contributed by atoms with Gasteiger partial charge in [-0.25, -0.2) is 8.42 Å². The molecule has 0 aromatic heterocycles. The van der Waals surface area contributed by atoms with Gasteiger partial charge in [0.25, 0.3) is 0 Å².